The lowest BCUT2D eigenvalue weighted by Gasteiger charge is -2.28. The molecule has 0 radical (unpaired) electrons. The number of hydrogen-bond donors (Lipinski definition) is 2. The van der Waals surface area contributed by atoms with E-state index in [1.807, 2.05) is 6.07 Å². The number of carbonyl (C=O) groups is 1. The summed E-state index contributed by atoms with van der Waals surface area (Å²) < 4.78 is 0. The Morgan fingerprint density at radius 2 is 1.81 bits per heavy atom. The van der Waals surface area contributed by atoms with Crippen molar-refractivity contribution in [3.05, 3.63) is 59.2 Å². The second kappa shape index (κ2) is 4.92. The molecule has 2 heterocycles. The molecule has 21 heavy (non-hydrogen) atoms. The zero-order valence-electron chi connectivity index (χ0n) is 11.9. The van der Waals surface area contributed by atoms with Gasteiger partial charge in [-0.05, 0) is 48.1 Å². The molecule has 2 aromatic rings. The van der Waals surface area contributed by atoms with Crippen molar-refractivity contribution in [2.45, 2.75) is 31.7 Å². The second-order valence-corrected chi connectivity index (χ2v) is 5.86. The lowest BCUT2D eigenvalue weighted by molar-refractivity contribution is -0.116. The van der Waals surface area contributed by atoms with Crippen molar-refractivity contribution in [2.75, 3.05) is 10.6 Å². The number of nitrogens with one attached hydrogen (secondary N) is 2. The van der Waals surface area contributed by atoms with Crippen LogP contribution in [0.15, 0.2) is 42.5 Å². The van der Waals surface area contributed by atoms with Crippen LogP contribution in [-0.4, -0.2) is 5.91 Å². The molecule has 2 N–H and O–H groups in total. The number of carbonyl (C=O) groups excluding carboxylic acids is 1. The topological polar surface area (TPSA) is 41.1 Å². The van der Waals surface area contributed by atoms with Gasteiger partial charge in [-0.15, -0.1) is 0 Å². The Morgan fingerprint density at radius 1 is 0.905 bits per heavy atom. The van der Waals surface area contributed by atoms with Gasteiger partial charge in [0.2, 0.25) is 5.91 Å². The van der Waals surface area contributed by atoms with Gasteiger partial charge in [0.05, 0.1) is 6.04 Å². The fraction of sp³-hybridized carbons (Fsp3) is 0.278. The molecule has 0 saturated carbocycles. The van der Waals surface area contributed by atoms with Gasteiger partial charge in [-0.1, -0.05) is 30.3 Å². The van der Waals surface area contributed by atoms with E-state index in [2.05, 4.69) is 47.0 Å². The molecule has 0 saturated heterocycles. The molecule has 2 aliphatic heterocycles. The third-order valence-electron chi connectivity index (χ3n) is 4.48. The molecule has 4 rings (SSSR count). The van der Waals surface area contributed by atoms with Crippen molar-refractivity contribution in [1.29, 1.82) is 0 Å². The monoisotopic (exact) mass is 278 g/mol. The van der Waals surface area contributed by atoms with Crippen LogP contribution < -0.4 is 10.6 Å². The van der Waals surface area contributed by atoms with Crippen molar-refractivity contribution in [2.24, 2.45) is 0 Å². The number of rotatable bonds is 1. The van der Waals surface area contributed by atoms with E-state index >= 15 is 0 Å². The molecule has 2 aromatic carbocycles. The van der Waals surface area contributed by atoms with Gasteiger partial charge in [0, 0.05) is 17.8 Å². The van der Waals surface area contributed by atoms with Gasteiger partial charge in [-0.3, -0.25) is 4.79 Å². The van der Waals surface area contributed by atoms with Crippen LogP contribution in [0.25, 0.3) is 0 Å². The fourth-order valence-corrected chi connectivity index (χ4v) is 3.31. The summed E-state index contributed by atoms with van der Waals surface area (Å²) in [7, 11) is 0. The van der Waals surface area contributed by atoms with Crippen LogP contribution >= 0.6 is 0 Å². The Bertz CT molecular complexity index is 708. The summed E-state index contributed by atoms with van der Waals surface area (Å²) in [5.74, 6) is 0.125. The molecule has 0 fully saturated rings. The smallest absolute Gasteiger partial charge is 0.224 e. The van der Waals surface area contributed by atoms with Crippen molar-refractivity contribution in [1.82, 2.24) is 0 Å². The minimum atomic E-state index is 0.125. The molecule has 2 aliphatic rings. The van der Waals surface area contributed by atoms with Crippen molar-refractivity contribution in [3.63, 3.8) is 0 Å². The molecule has 1 unspecified atom stereocenters. The Hall–Kier alpha value is -2.29. The van der Waals surface area contributed by atoms with E-state index in [-0.39, 0.29) is 5.91 Å². The van der Waals surface area contributed by atoms with Crippen LogP contribution in [0.4, 0.5) is 11.4 Å². The SMILES string of the molecule is O=C1CCc2cc(C3CCc4ccccc4N3)ccc2N1. The standard InChI is InChI=1S/C18H18N2O/c21-18-10-7-14-11-13(6-9-17(14)20-18)16-8-5-12-3-1-2-4-15(12)19-16/h1-4,6,9,11,16,19H,5,7-8,10H2,(H,20,21). The number of benzene rings is 2. The predicted octanol–water partition coefficient (Wildman–Crippen LogP) is 3.67. The zero-order valence-corrected chi connectivity index (χ0v) is 11.9. The van der Waals surface area contributed by atoms with E-state index in [0.717, 1.165) is 24.9 Å². The number of anilines is 2. The Kier molecular flexibility index (Phi) is 2.92. The number of amides is 1. The molecule has 0 spiro atoms. The maximum atomic E-state index is 11.4. The highest BCUT2D eigenvalue weighted by molar-refractivity contribution is 5.93. The molecule has 0 aliphatic carbocycles. The van der Waals surface area contributed by atoms with Crippen molar-refractivity contribution >= 4 is 17.3 Å². The van der Waals surface area contributed by atoms with Crippen LogP contribution in [0.2, 0.25) is 0 Å². The molecule has 1 atom stereocenters. The van der Waals surface area contributed by atoms with E-state index in [4.69, 9.17) is 0 Å². The minimum absolute atomic E-state index is 0.125. The quantitative estimate of drug-likeness (QED) is 0.835. The first kappa shape index (κ1) is 12.5. The van der Waals surface area contributed by atoms with Crippen molar-refractivity contribution in [3.8, 4) is 0 Å². The van der Waals surface area contributed by atoms with Gasteiger partial charge in [0.15, 0.2) is 0 Å². The largest absolute Gasteiger partial charge is 0.378 e. The van der Waals surface area contributed by atoms with E-state index < -0.39 is 0 Å². The van der Waals surface area contributed by atoms with Gasteiger partial charge < -0.3 is 10.6 Å². The van der Waals surface area contributed by atoms with Crippen LogP contribution in [0.3, 0.4) is 0 Å². The van der Waals surface area contributed by atoms with Gasteiger partial charge >= 0.3 is 0 Å². The molecular formula is C18H18N2O. The van der Waals surface area contributed by atoms with E-state index in [0.29, 0.717) is 12.5 Å². The summed E-state index contributed by atoms with van der Waals surface area (Å²) in [6, 6.07) is 15.3. The summed E-state index contributed by atoms with van der Waals surface area (Å²) in [4.78, 5) is 11.4. The lowest BCUT2D eigenvalue weighted by Crippen LogP contribution is -2.21. The van der Waals surface area contributed by atoms with Crippen LogP contribution in [0, 0.1) is 0 Å². The summed E-state index contributed by atoms with van der Waals surface area (Å²) in [6.07, 6.45) is 3.67. The second-order valence-electron chi connectivity index (χ2n) is 5.86. The fourth-order valence-electron chi connectivity index (χ4n) is 3.31. The lowest BCUT2D eigenvalue weighted by atomic mass is 9.91. The highest BCUT2D eigenvalue weighted by Gasteiger charge is 2.21. The Morgan fingerprint density at radius 3 is 2.76 bits per heavy atom. The predicted molar refractivity (Wildman–Crippen MR) is 84.5 cm³/mol. The van der Waals surface area contributed by atoms with Crippen molar-refractivity contribution < 1.29 is 4.79 Å². The average molecular weight is 278 g/mol. The maximum absolute atomic E-state index is 11.4. The van der Waals surface area contributed by atoms with Gasteiger partial charge in [-0.2, -0.15) is 0 Å². The zero-order chi connectivity index (χ0) is 14.2. The number of hydrogen-bond acceptors (Lipinski definition) is 2. The Labute approximate surface area is 124 Å². The van der Waals surface area contributed by atoms with Gasteiger partial charge in [0.1, 0.15) is 0 Å². The summed E-state index contributed by atoms with van der Waals surface area (Å²) in [6.45, 7) is 0. The maximum Gasteiger partial charge on any atom is 0.224 e. The number of para-hydroxylation sites is 1. The molecular weight excluding hydrogens is 260 g/mol. The van der Waals surface area contributed by atoms with E-state index in [1.54, 1.807) is 0 Å². The summed E-state index contributed by atoms with van der Waals surface area (Å²) in [5.41, 5.74) is 6.21. The van der Waals surface area contributed by atoms with Gasteiger partial charge in [0.25, 0.3) is 0 Å². The molecule has 3 heteroatoms. The van der Waals surface area contributed by atoms with E-state index in [1.165, 1.54) is 22.4 Å². The summed E-state index contributed by atoms with van der Waals surface area (Å²) >= 11 is 0. The molecule has 0 bridgehead atoms. The van der Waals surface area contributed by atoms with E-state index in [9.17, 15) is 4.79 Å². The highest BCUT2D eigenvalue weighted by Crippen LogP contribution is 2.34. The first-order valence-corrected chi connectivity index (χ1v) is 7.57. The first-order chi connectivity index (χ1) is 10.3. The van der Waals surface area contributed by atoms with Crippen LogP contribution in [-0.2, 0) is 17.6 Å². The Balaban J connectivity index is 1.62. The third-order valence-corrected chi connectivity index (χ3v) is 4.48. The number of aryl methyl sites for hydroxylation is 2. The van der Waals surface area contributed by atoms with Crippen LogP contribution in [0.5, 0.6) is 0 Å². The minimum Gasteiger partial charge on any atom is -0.378 e. The third kappa shape index (κ3) is 2.29. The molecule has 3 nitrogen and oxygen atoms in total. The summed E-state index contributed by atoms with van der Waals surface area (Å²) in [5, 5.41) is 6.59. The average Bonchev–Trinajstić information content (AvgIpc) is 2.54. The molecule has 1 amide bonds. The van der Waals surface area contributed by atoms with Gasteiger partial charge in [-0.25, -0.2) is 0 Å². The number of fused-ring (bicyclic) bond motifs is 2. The first-order valence-electron chi connectivity index (χ1n) is 7.57. The molecule has 0 aromatic heterocycles. The van der Waals surface area contributed by atoms with Crippen LogP contribution in [0.1, 0.15) is 35.6 Å². The molecule has 106 valence electrons. The highest BCUT2D eigenvalue weighted by atomic mass is 16.1. The normalized spacial score (nSPS) is 20.0.